The van der Waals surface area contributed by atoms with Crippen LogP contribution in [0.15, 0.2) is 59.9 Å². The first-order valence-electron chi connectivity index (χ1n) is 11.5. The Balaban J connectivity index is 1.53. The molecule has 5 rings (SSSR count). The van der Waals surface area contributed by atoms with E-state index in [1.807, 2.05) is 24.3 Å². The minimum absolute atomic E-state index is 0.188. The van der Waals surface area contributed by atoms with Crippen molar-refractivity contribution in [2.75, 3.05) is 12.4 Å². The number of anilines is 1. The summed E-state index contributed by atoms with van der Waals surface area (Å²) < 4.78 is 12.0. The average molecular weight is 456 g/mol. The third-order valence-electron chi connectivity index (χ3n) is 6.24. The predicted octanol–water partition coefficient (Wildman–Crippen LogP) is 5.23. The number of nitrogens with one attached hydrogen (secondary N) is 1. The van der Waals surface area contributed by atoms with Crippen molar-refractivity contribution >= 4 is 17.3 Å². The van der Waals surface area contributed by atoms with E-state index in [9.17, 15) is 4.79 Å². The summed E-state index contributed by atoms with van der Waals surface area (Å²) in [5.74, 6) is 1.41. The minimum atomic E-state index is -0.302. The van der Waals surface area contributed by atoms with E-state index in [1.165, 1.54) is 5.56 Å². The lowest BCUT2D eigenvalue weighted by molar-refractivity contribution is 0.102. The normalized spacial score (nSPS) is 17.1. The van der Waals surface area contributed by atoms with Crippen molar-refractivity contribution in [3.05, 3.63) is 82.7 Å². The smallest absolute Gasteiger partial charge is 0.257 e. The zero-order valence-corrected chi connectivity index (χ0v) is 20.2. The average Bonchev–Trinajstić information content (AvgIpc) is 3.13. The summed E-state index contributed by atoms with van der Waals surface area (Å²) in [6.45, 7) is 8.50. The molecule has 1 aromatic heterocycles. The summed E-state index contributed by atoms with van der Waals surface area (Å²) in [6, 6.07) is 13.5. The maximum Gasteiger partial charge on any atom is 0.257 e. The second-order valence-corrected chi connectivity index (χ2v) is 10.2. The first-order chi connectivity index (χ1) is 16.2. The number of methoxy groups -OCH3 is 1. The van der Waals surface area contributed by atoms with Crippen molar-refractivity contribution in [2.45, 2.75) is 51.7 Å². The van der Waals surface area contributed by atoms with Crippen LogP contribution in [0.4, 0.5) is 5.69 Å². The molecule has 174 valence electrons. The Morgan fingerprint density at radius 1 is 1.09 bits per heavy atom. The van der Waals surface area contributed by atoms with E-state index in [0.29, 0.717) is 5.56 Å². The van der Waals surface area contributed by atoms with Crippen LogP contribution in [-0.4, -0.2) is 34.9 Å². The Labute approximate surface area is 200 Å². The largest absolute Gasteiger partial charge is 0.493 e. The van der Waals surface area contributed by atoms with Crippen molar-refractivity contribution in [1.29, 1.82) is 0 Å². The SMILES string of the molecule is COc1cc2c(c3c1OC(C)(C)C3)C(c1ccc(NC(=O)c3cccnc3)cc1)=NC(C)(C)C2. The lowest BCUT2D eigenvalue weighted by atomic mass is 9.81. The zero-order chi connectivity index (χ0) is 24.1. The summed E-state index contributed by atoms with van der Waals surface area (Å²) in [5.41, 5.74) is 6.18. The number of pyridine rings is 1. The highest BCUT2D eigenvalue weighted by Gasteiger charge is 2.39. The summed E-state index contributed by atoms with van der Waals surface area (Å²) in [4.78, 5) is 21.7. The molecule has 2 aliphatic rings. The lowest BCUT2D eigenvalue weighted by Crippen LogP contribution is -2.30. The molecule has 3 aromatic rings. The molecule has 0 saturated carbocycles. The number of amides is 1. The van der Waals surface area contributed by atoms with E-state index >= 15 is 0 Å². The van der Waals surface area contributed by atoms with Gasteiger partial charge in [0.2, 0.25) is 0 Å². The fourth-order valence-electron chi connectivity index (χ4n) is 4.84. The summed E-state index contributed by atoms with van der Waals surface area (Å²) in [6.07, 6.45) is 4.82. The highest BCUT2D eigenvalue weighted by atomic mass is 16.5. The second-order valence-electron chi connectivity index (χ2n) is 10.2. The molecule has 1 amide bonds. The Bertz CT molecular complexity index is 1290. The minimum Gasteiger partial charge on any atom is -0.493 e. The van der Waals surface area contributed by atoms with E-state index in [0.717, 1.165) is 52.4 Å². The van der Waals surface area contributed by atoms with Gasteiger partial charge in [-0.3, -0.25) is 14.8 Å². The summed E-state index contributed by atoms with van der Waals surface area (Å²) in [7, 11) is 1.69. The monoisotopic (exact) mass is 455 g/mol. The highest BCUT2D eigenvalue weighted by Crippen LogP contribution is 2.47. The van der Waals surface area contributed by atoms with Gasteiger partial charge in [0.25, 0.3) is 5.91 Å². The number of carbonyl (C=O) groups excluding carboxylic acids is 1. The van der Waals surface area contributed by atoms with Gasteiger partial charge in [0.05, 0.1) is 23.9 Å². The molecule has 2 aromatic carbocycles. The first-order valence-corrected chi connectivity index (χ1v) is 11.5. The van der Waals surface area contributed by atoms with Gasteiger partial charge in [0.1, 0.15) is 5.60 Å². The van der Waals surface area contributed by atoms with Gasteiger partial charge in [-0.2, -0.15) is 0 Å². The highest BCUT2D eigenvalue weighted by molar-refractivity contribution is 6.16. The van der Waals surface area contributed by atoms with Gasteiger partial charge in [-0.05, 0) is 70.0 Å². The third-order valence-corrected chi connectivity index (χ3v) is 6.24. The van der Waals surface area contributed by atoms with Crippen molar-refractivity contribution < 1.29 is 14.3 Å². The van der Waals surface area contributed by atoms with Gasteiger partial charge in [0, 0.05) is 41.2 Å². The van der Waals surface area contributed by atoms with Crippen LogP contribution in [-0.2, 0) is 12.8 Å². The van der Waals surface area contributed by atoms with Gasteiger partial charge in [-0.1, -0.05) is 12.1 Å². The number of ether oxygens (including phenoxy) is 2. The molecule has 0 saturated heterocycles. The van der Waals surface area contributed by atoms with Crippen LogP contribution >= 0.6 is 0 Å². The fourth-order valence-corrected chi connectivity index (χ4v) is 4.84. The standard InChI is InChI=1S/C28H29N3O3/c1-27(2)14-19-13-22(33-5)25-21(15-28(3,4)34-25)23(19)24(31-27)17-8-10-20(11-9-17)30-26(32)18-7-6-12-29-16-18/h6-13,16H,14-15H2,1-5H3,(H,30,32). The van der Waals surface area contributed by atoms with Crippen LogP contribution in [0.2, 0.25) is 0 Å². The molecule has 34 heavy (non-hydrogen) atoms. The molecular formula is C28H29N3O3. The summed E-state index contributed by atoms with van der Waals surface area (Å²) in [5, 5.41) is 2.94. The number of nitrogens with zero attached hydrogens (tertiary/aromatic N) is 2. The van der Waals surface area contributed by atoms with Crippen LogP contribution in [0.5, 0.6) is 11.5 Å². The Morgan fingerprint density at radius 2 is 1.85 bits per heavy atom. The predicted molar refractivity (Wildman–Crippen MR) is 133 cm³/mol. The van der Waals surface area contributed by atoms with Crippen molar-refractivity contribution in [1.82, 2.24) is 4.98 Å². The molecule has 3 heterocycles. The Kier molecular flexibility index (Phi) is 5.19. The van der Waals surface area contributed by atoms with Gasteiger partial charge in [0.15, 0.2) is 11.5 Å². The topological polar surface area (TPSA) is 72.8 Å². The van der Waals surface area contributed by atoms with Gasteiger partial charge in [-0.25, -0.2) is 0 Å². The number of aliphatic imine (C=N–C) groups is 1. The van der Waals surface area contributed by atoms with Crippen LogP contribution < -0.4 is 14.8 Å². The number of carbonyl (C=O) groups is 1. The molecule has 0 aliphatic carbocycles. The molecule has 0 fully saturated rings. The number of rotatable bonds is 4. The molecule has 0 bridgehead atoms. The van der Waals surface area contributed by atoms with E-state index < -0.39 is 0 Å². The maximum atomic E-state index is 12.5. The van der Waals surface area contributed by atoms with E-state index in [2.05, 4.69) is 44.1 Å². The zero-order valence-electron chi connectivity index (χ0n) is 20.2. The number of benzene rings is 2. The van der Waals surface area contributed by atoms with E-state index in [1.54, 1.807) is 31.6 Å². The van der Waals surface area contributed by atoms with E-state index in [-0.39, 0.29) is 17.0 Å². The van der Waals surface area contributed by atoms with Crippen molar-refractivity contribution in [3.8, 4) is 11.5 Å². The second kappa shape index (κ2) is 7.97. The fraction of sp³-hybridized carbons (Fsp3) is 0.321. The third kappa shape index (κ3) is 4.04. The molecule has 0 spiro atoms. The maximum absolute atomic E-state index is 12.5. The molecule has 2 aliphatic heterocycles. The van der Waals surface area contributed by atoms with Crippen molar-refractivity contribution in [3.63, 3.8) is 0 Å². The van der Waals surface area contributed by atoms with Crippen LogP contribution in [0.3, 0.4) is 0 Å². The number of fused-ring (bicyclic) bond motifs is 3. The quantitative estimate of drug-likeness (QED) is 0.585. The molecule has 1 N–H and O–H groups in total. The van der Waals surface area contributed by atoms with Crippen LogP contribution in [0, 0.1) is 0 Å². The molecule has 0 unspecified atom stereocenters. The number of aromatic nitrogens is 1. The van der Waals surface area contributed by atoms with Crippen LogP contribution in [0.25, 0.3) is 0 Å². The summed E-state index contributed by atoms with van der Waals surface area (Å²) >= 11 is 0. The number of hydrogen-bond donors (Lipinski definition) is 1. The molecule has 0 atom stereocenters. The molecule has 6 heteroatoms. The van der Waals surface area contributed by atoms with E-state index in [4.69, 9.17) is 14.5 Å². The molecule has 0 radical (unpaired) electrons. The molecule has 6 nitrogen and oxygen atoms in total. The Hall–Kier alpha value is -3.67. The van der Waals surface area contributed by atoms with Crippen LogP contribution in [0.1, 0.15) is 60.3 Å². The number of hydrogen-bond acceptors (Lipinski definition) is 5. The van der Waals surface area contributed by atoms with Gasteiger partial charge in [-0.15, -0.1) is 0 Å². The first kappa shape index (κ1) is 22.1. The van der Waals surface area contributed by atoms with Crippen molar-refractivity contribution in [2.24, 2.45) is 4.99 Å². The van der Waals surface area contributed by atoms with Gasteiger partial charge >= 0.3 is 0 Å². The Morgan fingerprint density at radius 3 is 2.53 bits per heavy atom. The molecular weight excluding hydrogens is 426 g/mol. The van der Waals surface area contributed by atoms with Gasteiger partial charge < -0.3 is 14.8 Å². The lowest BCUT2D eigenvalue weighted by Gasteiger charge is -2.31.